The van der Waals surface area contributed by atoms with E-state index in [0.717, 1.165) is 5.69 Å². The number of nitrogens with one attached hydrogen (secondary N) is 1. The molecule has 0 aromatic heterocycles. The molecule has 0 spiro atoms. The van der Waals surface area contributed by atoms with Crippen LogP contribution in [-0.2, 0) is 11.3 Å². The first-order chi connectivity index (χ1) is 9.74. The normalized spacial score (nSPS) is 13.3. The average molecular weight is 298 g/mol. The highest BCUT2D eigenvalue weighted by molar-refractivity contribution is 5.53. The van der Waals surface area contributed by atoms with E-state index in [1.807, 2.05) is 38.8 Å². The molecule has 0 bridgehead atoms. The molecule has 0 amide bonds. The Morgan fingerprint density at radius 1 is 1.38 bits per heavy atom. The molecular formula is C16H27FN2O2. The summed E-state index contributed by atoms with van der Waals surface area (Å²) in [4.78, 5) is 1.85. The standard InChI is InChI=1S/C16H27FN2O2/c1-16(2,3)18-9-13-14(17)7-6-8-15(13)19(4)10-12(20)11-21-5/h6-8,12,18,20H,9-11H2,1-5H3. The maximum atomic E-state index is 14.1. The average Bonchev–Trinajstić information content (AvgIpc) is 2.36. The molecule has 0 saturated heterocycles. The maximum Gasteiger partial charge on any atom is 0.129 e. The zero-order valence-electron chi connectivity index (χ0n) is 13.6. The number of hydrogen-bond acceptors (Lipinski definition) is 4. The first-order valence-electron chi connectivity index (χ1n) is 7.15. The van der Waals surface area contributed by atoms with Crippen molar-refractivity contribution in [1.82, 2.24) is 5.32 Å². The zero-order valence-corrected chi connectivity index (χ0v) is 13.6. The topological polar surface area (TPSA) is 44.7 Å². The lowest BCUT2D eigenvalue weighted by molar-refractivity contribution is 0.0695. The molecule has 1 aromatic rings. The van der Waals surface area contributed by atoms with Gasteiger partial charge in [0.25, 0.3) is 0 Å². The second kappa shape index (κ2) is 7.73. The minimum Gasteiger partial charge on any atom is -0.389 e. The van der Waals surface area contributed by atoms with E-state index in [-0.39, 0.29) is 18.0 Å². The van der Waals surface area contributed by atoms with Crippen molar-refractivity contribution in [3.63, 3.8) is 0 Å². The van der Waals surface area contributed by atoms with E-state index in [0.29, 0.717) is 18.7 Å². The van der Waals surface area contributed by atoms with Crippen LogP contribution in [0, 0.1) is 5.82 Å². The van der Waals surface area contributed by atoms with Crippen molar-refractivity contribution in [2.75, 3.05) is 32.2 Å². The highest BCUT2D eigenvalue weighted by Gasteiger charge is 2.17. The summed E-state index contributed by atoms with van der Waals surface area (Å²) in [6.45, 7) is 7.21. The van der Waals surface area contributed by atoms with Crippen molar-refractivity contribution in [1.29, 1.82) is 0 Å². The second-order valence-electron chi connectivity index (χ2n) is 6.33. The molecule has 1 unspecified atom stereocenters. The maximum absolute atomic E-state index is 14.1. The fourth-order valence-corrected chi connectivity index (χ4v) is 2.09. The Balaban J connectivity index is 2.88. The van der Waals surface area contributed by atoms with Gasteiger partial charge < -0.3 is 20.1 Å². The first-order valence-corrected chi connectivity index (χ1v) is 7.15. The number of anilines is 1. The van der Waals surface area contributed by atoms with Crippen LogP contribution in [0.15, 0.2) is 18.2 Å². The molecule has 120 valence electrons. The number of ether oxygens (including phenoxy) is 1. The fraction of sp³-hybridized carbons (Fsp3) is 0.625. The summed E-state index contributed by atoms with van der Waals surface area (Å²) in [5, 5.41) is 13.1. The zero-order chi connectivity index (χ0) is 16.0. The van der Waals surface area contributed by atoms with Crippen molar-refractivity contribution < 1.29 is 14.2 Å². The molecule has 0 aliphatic carbocycles. The Kier molecular flexibility index (Phi) is 6.58. The van der Waals surface area contributed by atoms with Crippen molar-refractivity contribution in [3.8, 4) is 0 Å². The highest BCUT2D eigenvalue weighted by Crippen LogP contribution is 2.23. The van der Waals surface area contributed by atoms with Gasteiger partial charge in [0.15, 0.2) is 0 Å². The molecule has 0 aliphatic heterocycles. The summed E-state index contributed by atoms with van der Waals surface area (Å²) in [5.74, 6) is -0.239. The van der Waals surface area contributed by atoms with Crippen LogP contribution in [-0.4, -0.2) is 44.1 Å². The van der Waals surface area contributed by atoms with Gasteiger partial charge in [-0.25, -0.2) is 4.39 Å². The predicted octanol–water partition coefficient (Wildman–Crippen LogP) is 2.16. The van der Waals surface area contributed by atoms with Crippen LogP contribution in [0.2, 0.25) is 0 Å². The molecule has 1 aromatic carbocycles. The molecule has 5 heteroatoms. The lowest BCUT2D eigenvalue weighted by Gasteiger charge is -2.27. The second-order valence-corrected chi connectivity index (χ2v) is 6.33. The van der Waals surface area contributed by atoms with Gasteiger partial charge in [0.2, 0.25) is 0 Å². The van der Waals surface area contributed by atoms with Crippen molar-refractivity contribution in [2.45, 2.75) is 39.0 Å². The third-order valence-electron chi connectivity index (χ3n) is 3.14. The van der Waals surface area contributed by atoms with Crippen LogP contribution in [0.3, 0.4) is 0 Å². The number of hydrogen-bond donors (Lipinski definition) is 2. The van der Waals surface area contributed by atoms with Gasteiger partial charge in [-0.2, -0.15) is 0 Å². The van der Waals surface area contributed by atoms with Gasteiger partial charge in [0.1, 0.15) is 5.82 Å². The van der Waals surface area contributed by atoms with E-state index in [1.165, 1.54) is 6.07 Å². The SMILES string of the molecule is COCC(O)CN(C)c1cccc(F)c1CNC(C)(C)C. The Bertz CT molecular complexity index is 446. The molecule has 0 saturated carbocycles. The van der Waals surface area contributed by atoms with E-state index in [1.54, 1.807) is 13.2 Å². The van der Waals surface area contributed by atoms with Crippen LogP contribution in [0.1, 0.15) is 26.3 Å². The summed E-state index contributed by atoms with van der Waals surface area (Å²) in [5.41, 5.74) is 1.30. The fourth-order valence-electron chi connectivity index (χ4n) is 2.09. The minimum absolute atomic E-state index is 0.0896. The van der Waals surface area contributed by atoms with E-state index < -0.39 is 6.10 Å². The molecule has 0 fully saturated rings. The Morgan fingerprint density at radius 3 is 2.62 bits per heavy atom. The van der Waals surface area contributed by atoms with Gasteiger partial charge in [-0.05, 0) is 32.9 Å². The third kappa shape index (κ3) is 5.99. The number of aliphatic hydroxyl groups excluding tert-OH is 1. The summed E-state index contributed by atoms with van der Waals surface area (Å²) in [7, 11) is 3.39. The van der Waals surface area contributed by atoms with Crippen LogP contribution >= 0.6 is 0 Å². The van der Waals surface area contributed by atoms with Crippen molar-refractivity contribution in [3.05, 3.63) is 29.6 Å². The molecule has 0 aliphatic rings. The van der Waals surface area contributed by atoms with Crippen LogP contribution in [0.4, 0.5) is 10.1 Å². The molecule has 21 heavy (non-hydrogen) atoms. The molecule has 0 heterocycles. The van der Waals surface area contributed by atoms with Crippen molar-refractivity contribution >= 4 is 5.69 Å². The number of benzene rings is 1. The number of aliphatic hydroxyl groups is 1. The van der Waals surface area contributed by atoms with Crippen molar-refractivity contribution in [2.24, 2.45) is 0 Å². The predicted molar refractivity (Wildman–Crippen MR) is 84.1 cm³/mol. The largest absolute Gasteiger partial charge is 0.389 e. The number of methoxy groups -OCH3 is 1. The Labute approximate surface area is 126 Å². The lowest BCUT2D eigenvalue weighted by Crippen LogP contribution is -2.37. The lowest BCUT2D eigenvalue weighted by atomic mass is 10.1. The third-order valence-corrected chi connectivity index (χ3v) is 3.14. The molecule has 1 atom stereocenters. The van der Waals surface area contributed by atoms with Gasteiger partial charge >= 0.3 is 0 Å². The smallest absolute Gasteiger partial charge is 0.129 e. The number of halogens is 1. The summed E-state index contributed by atoms with van der Waals surface area (Å²) < 4.78 is 19.0. The number of rotatable bonds is 7. The van der Waals surface area contributed by atoms with Crippen LogP contribution in [0.5, 0.6) is 0 Å². The van der Waals surface area contributed by atoms with Gasteiger partial charge in [0, 0.05) is 44.0 Å². The summed E-state index contributed by atoms with van der Waals surface area (Å²) in [6, 6.07) is 5.01. The Hall–Kier alpha value is -1.17. The Morgan fingerprint density at radius 2 is 2.05 bits per heavy atom. The minimum atomic E-state index is -0.605. The highest BCUT2D eigenvalue weighted by atomic mass is 19.1. The van der Waals surface area contributed by atoms with Gasteiger partial charge in [-0.1, -0.05) is 6.07 Å². The molecular weight excluding hydrogens is 271 g/mol. The van der Waals surface area contributed by atoms with E-state index in [2.05, 4.69) is 5.32 Å². The molecule has 4 nitrogen and oxygen atoms in total. The van der Waals surface area contributed by atoms with E-state index in [4.69, 9.17) is 4.74 Å². The summed E-state index contributed by atoms with van der Waals surface area (Å²) >= 11 is 0. The molecule has 0 radical (unpaired) electrons. The first kappa shape index (κ1) is 17.9. The van der Waals surface area contributed by atoms with E-state index in [9.17, 15) is 9.50 Å². The summed E-state index contributed by atoms with van der Waals surface area (Å²) in [6.07, 6.45) is -0.605. The number of likely N-dealkylation sites (N-methyl/N-ethyl adjacent to an activating group) is 1. The van der Waals surface area contributed by atoms with Crippen LogP contribution < -0.4 is 10.2 Å². The number of nitrogens with zero attached hydrogens (tertiary/aromatic N) is 1. The van der Waals surface area contributed by atoms with E-state index >= 15 is 0 Å². The molecule has 1 rings (SSSR count). The monoisotopic (exact) mass is 298 g/mol. The van der Waals surface area contributed by atoms with Gasteiger partial charge in [-0.3, -0.25) is 0 Å². The van der Waals surface area contributed by atoms with Gasteiger partial charge in [-0.15, -0.1) is 0 Å². The molecule has 2 N–H and O–H groups in total. The van der Waals surface area contributed by atoms with Gasteiger partial charge in [0.05, 0.1) is 12.7 Å². The quantitative estimate of drug-likeness (QED) is 0.810. The van der Waals surface area contributed by atoms with Crippen LogP contribution in [0.25, 0.3) is 0 Å².